The van der Waals surface area contributed by atoms with Crippen LogP contribution in [0.1, 0.15) is 10.4 Å². The highest BCUT2D eigenvalue weighted by molar-refractivity contribution is 7.89. The molecule has 0 atom stereocenters. The molecule has 1 heterocycles. The summed E-state index contributed by atoms with van der Waals surface area (Å²) in [5.41, 5.74) is 7.05. The van der Waals surface area contributed by atoms with Gasteiger partial charge in [-0.05, 0) is 36.1 Å². The summed E-state index contributed by atoms with van der Waals surface area (Å²) in [6.07, 6.45) is 0. The van der Waals surface area contributed by atoms with E-state index >= 15 is 0 Å². The topological polar surface area (TPSA) is 63.4 Å². The van der Waals surface area contributed by atoms with Crippen molar-refractivity contribution < 1.29 is 8.42 Å². The number of hydrogen-bond donors (Lipinski definition) is 1. The third kappa shape index (κ3) is 2.97. The highest BCUT2D eigenvalue weighted by Crippen LogP contribution is 2.24. The molecule has 2 aromatic rings. The van der Waals surface area contributed by atoms with Crippen molar-refractivity contribution in [2.24, 2.45) is 0 Å². The summed E-state index contributed by atoms with van der Waals surface area (Å²) in [5.74, 6) is 0. The maximum absolute atomic E-state index is 12.4. The average Bonchev–Trinajstić information content (AvgIpc) is 2.81. The van der Waals surface area contributed by atoms with E-state index in [1.54, 1.807) is 25.2 Å². The van der Waals surface area contributed by atoms with Gasteiger partial charge in [-0.1, -0.05) is 12.1 Å². The lowest BCUT2D eigenvalue weighted by atomic mass is 10.2. The van der Waals surface area contributed by atoms with Gasteiger partial charge in [-0.25, -0.2) is 8.42 Å². The molecule has 0 amide bonds. The van der Waals surface area contributed by atoms with Crippen LogP contribution in [0, 0.1) is 6.92 Å². The van der Waals surface area contributed by atoms with Crippen molar-refractivity contribution in [3.8, 4) is 0 Å². The Kier molecular flexibility index (Phi) is 3.93. The molecule has 0 unspecified atom stereocenters. The van der Waals surface area contributed by atoms with Gasteiger partial charge in [0.1, 0.15) is 4.90 Å². The number of hydrogen-bond acceptors (Lipinski definition) is 4. The van der Waals surface area contributed by atoms with Crippen molar-refractivity contribution in [3.05, 3.63) is 46.2 Å². The van der Waals surface area contributed by atoms with E-state index in [9.17, 15) is 8.42 Å². The normalized spacial score (nSPS) is 11.9. The highest BCUT2D eigenvalue weighted by Gasteiger charge is 2.23. The molecule has 19 heavy (non-hydrogen) atoms. The molecule has 2 rings (SSSR count). The highest BCUT2D eigenvalue weighted by atomic mass is 32.2. The first-order valence-electron chi connectivity index (χ1n) is 5.76. The molecular formula is C13H16N2O2S2. The first-order valence-corrected chi connectivity index (χ1v) is 8.08. The first-order chi connectivity index (χ1) is 8.91. The van der Waals surface area contributed by atoms with Gasteiger partial charge in [-0.2, -0.15) is 4.31 Å². The number of nitrogens with two attached hydrogens (primary N) is 1. The molecule has 0 spiro atoms. The molecule has 0 saturated carbocycles. The van der Waals surface area contributed by atoms with Gasteiger partial charge in [0.15, 0.2) is 0 Å². The fourth-order valence-corrected chi connectivity index (χ4v) is 3.86. The summed E-state index contributed by atoms with van der Waals surface area (Å²) in [5, 5.41) is 1.93. The smallest absolute Gasteiger partial charge is 0.245 e. The van der Waals surface area contributed by atoms with Gasteiger partial charge in [0, 0.05) is 18.5 Å². The quantitative estimate of drug-likeness (QED) is 0.882. The van der Waals surface area contributed by atoms with Gasteiger partial charge in [-0.3, -0.25) is 0 Å². The molecule has 0 radical (unpaired) electrons. The summed E-state index contributed by atoms with van der Waals surface area (Å²) >= 11 is 1.53. The van der Waals surface area contributed by atoms with Crippen LogP contribution in [-0.2, 0) is 16.6 Å². The number of anilines is 1. The minimum absolute atomic E-state index is 0.164. The number of nitrogen functional groups attached to an aromatic ring is 1. The van der Waals surface area contributed by atoms with Gasteiger partial charge in [0.05, 0.1) is 5.69 Å². The van der Waals surface area contributed by atoms with Crippen LogP contribution in [0.5, 0.6) is 0 Å². The Morgan fingerprint density at radius 3 is 2.63 bits per heavy atom. The van der Waals surface area contributed by atoms with Crippen molar-refractivity contribution in [1.82, 2.24) is 4.31 Å². The van der Waals surface area contributed by atoms with Gasteiger partial charge in [0.25, 0.3) is 0 Å². The van der Waals surface area contributed by atoms with Crippen LogP contribution in [0.25, 0.3) is 0 Å². The van der Waals surface area contributed by atoms with Gasteiger partial charge in [0.2, 0.25) is 10.0 Å². The van der Waals surface area contributed by atoms with Crippen LogP contribution in [0.2, 0.25) is 0 Å². The maximum Gasteiger partial charge on any atom is 0.245 e. The molecule has 6 heteroatoms. The lowest BCUT2D eigenvalue weighted by molar-refractivity contribution is 0.470. The summed E-state index contributed by atoms with van der Waals surface area (Å²) in [7, 11) is -1.98. The molecule has 0 fully saturated rings. The molecule has 1 aromatic carbocycles. The third-order valence-corrected chi connectivity index (χ3v) is 5.55. The summed E-state index contributed by atoms with van der Waals surface area (Å²) in [4.78, 5) is 1.16. The van der Waals surface area contributed by atoms with Gasteiger partial charge < -0.3 is 5.73 Å². The van der Waals surface area contributed by atoms with Crippen molar-refractivity contribution >= 4 is 27.0 Å². The minimum atomic E-state index is -3.55. The van der Waals surface area contributed by atoms with Crippen LogP contribution in [0.3, 0.4) is 0 Å². The Hall–Kier alpha value is -1.37. The standard InChI is InChI=1S/C13H16N2O2S2/c1-10-5-6-13(12(14)8-10)19(16,17)15(2)9-11-4-3-7-18-11/h3-8H,9,14H2,1-2H3. The van der Waals surface area contributed by atoms with Crippen molar-refractivity contribution in [1.29, 1.82) is 0 Å². The monoisotopic (exact) mass is 296 g/mol. The zero-order valence-corrected chi connectivity index (χ0v) is 12.5. The Labute approximate surface area is 117 Å². The Morgan fingerprint density at radius 1 is 1.32 bits per heavy atom. The number of sulfonamides is 1. The maximum atomic E-state index is 12.4. The predicted molar refractivity (Wildman–Crippen MR) is 78.6 cm³/mol. The first kappa shape index (κ1) is 14.0. The minimum Gasteiger partial charge on any atom is -0.398 e. The van der Waals surface area contributed by atoms with Crippen molar-refractivity contribution in [2.45, 2.75) is 18.4 Å². The van der Waals surface area contributed by atoms with Crippen LogP contribution in [-0.4, -0.2) is 19.8 Å². The summed E-state index contributed by atoms with van der Waals surface area (Å²) in [6, 6.07) is 8.80. The van der Waals surface area contributed by atoms with E-state index in [1.165, 1.54) is 15.6 Å². The summed E-state index contributed by atoms with van der Waals surface area (Å²) in [6.45, 7) is 2.23. The van der Waals surface area contributed by atoms with Crippen LogP contribution in [0.15, 0.2) is 40.6 Å². The van der Waals surface area contributed by atoms with Gasteiger partial charge in [-0.15, -0.1) is 11.3 Å². The van der Waals surface area contributed by atoms with Gasteiger partial charge >= 0.3 is 0 Å². The second-order valence-electron chi connectivity index (χ2n) is 4.38. The Balaban J connectivity index is 2.31. The molecule has 4 nitrogen and oxygen atoms in total. The molecule has 102 valence electrons. The van der Waals surface area contributed by atoms with Crippen LogP contribution < -0.4 is 5.73 Å². The molecule has 0 saturated heterocycles. The Bertz CT molecular complexity index is 664. The van der Waals surface area contributed by atoms with E-state index in [1.807, 2.05) is 24.4 Å². The fourth-order valence-electron chi connectivity index (χ4n) is 1.78. The molecule has 2 N–H and O–H groups in total. The second kappa shape index (κ2) is 5.32. The largest absolute Gasteiger partial charge is 0.398 e. The second-order valence-corrected chi connectivity index (χ2v) is 7.43. The molecule has 0 aliphatic carbocycles. The third-order valence-electron chi connectivity index (χ3n) is 2.81. The fraction of sp³-hybridized carbons (Fsp3) is 0.231. The van der Waals surface area contributed by atoms with Crippen LogP contribution >= 0.6 is 11.3 Å². The average molecular weight is 296 g/mol. The molecule has 1 aromatic heterocycles. The molecule has 0 aliphatic heterocycles. The lowest BCUT2D eigenvalue weighted by Gasteiger charge is -2.17. The van der Waals surface area contributed by atoms with Crippen LogP contribution in [0.4, 0.5) is 5.69 Å². The molecular weight excluding hydrogens is 280 g/mol. The Morgan fingerprint density at radius 2 is 2.05 bits per heavy atom. The van der Waals surface area contributed by atoms with E-state index in [0.717, 1.165) is 10.4 Å². The number of rotatable bonds is 4. The number of nitrogens with zero attached hydrogens (tertiary/aromatic N) is 1. The van der Waals surface area contributed by atoms with Crippen molar-refractivity contribution in [2.75, 3.05) is 12.8 Å². The molecule has 0 aliphatic rings. The summed E-state index contributed by atoms with van der Waals surface area (Å²) < 4.78 is 26.2. The number of thiophene rings is 1. The number of aryl methyl sites for hydroxylation is 1. The van der Waals surface area contributed by atoms with E-state index < -0.39 is 10.0 Å². The van der Waals surface area contributed by atoms with E-state index in [0.29, 0.717) is 6.54 Å². The zero-order valence-electron chi connectivity index (χ0n) is 10.8. The zero-order chi connectivity index (χ0) is 14.0. The van der Waals surface area contributed by atoms with Crippen molar-refractivity contribution in [3.63, 3.8) is 0 Å². The predicted octanol–water partition coefficient (Wildman–Crippen LogP) is 2.46. The SMILES string of the molecule is Cc1ccc(S(=O)(=O)N(C)Cc2cccs2)c(N)c1. The molecule has 0 bridgehead atoms. The van der Waals surface area contributed by atoms with E-state index in [-0.39, 0.29) is 10.6 Å². The lowest BCUT2D eigenvalue weighted by Crippen LogP contribution is -2.26. The van der Waals surface area contributed by atoms with E-state index in [4.69, 9.17) is 5.73 Å². The number of benzene rings is 1. The van der Waals surface area contributed by atoms with E-state index in [2.05, 4.69) is 0 Å².